The molecule has 116 valence electrons. The summed E-state index contributed by atoms with van der Waals surface area (Å²) in [5, 5.41) is 0. The van der Waals surface area contributed by atoms with E-state index in [0.717, 1.165) is 31.2 Å². The lowest BCUT2D eigenvalue weighted by atomic mass is 9.60. The van der Waals surface area contributed by atoms with Crippen LogP contribution in [0.15, 0.2) is 18.3 Å². The molecule has 0 unspecified atom stereocenters. The lowest BCUT2D eigenvalue weighted by molar-refractivity contribution is -0.135. The van der Waals surface area contributed by atoms with Gasteiger partial charge in [-0.15, -0.1) is 0 Å². The molecular formula is C17H27N3O. The number of carbonyl (C=O) groups is 1. The number of aromatic amines is 1. The molecule has 0 atom stereocenters. The van der Waals surface area contributed by atoms with Crippen LogP contribution in [0.4, 0.5) is 0 Å². The average Bonchev–Trinajstić information content (AvgIpc) is 2.95. The van der Waals surface area contributed by atoms with Gasteiger partial charge in [-0.3, -0.25) is 4.79 Å². The van der Waals surface area contributed by atoms with E-state index in [4.69, 9.17) is 0 Å². The monoisotopic (exact) mass is 289 g/mol. The molecule has 3 rings (SSSR count). The van der Waals surface area contributed by atoms with Gasteiger partial charge in [0, 0.05) is 37.4 Å². The SMILES string of the molecule is CN(C)C1CC2(CCN(C(=O)CCc3ccc[nH]3)CC2)C1. The minimum Gasteiger partial charge on any atom is -0.365 e. The van der Waals surface area contributed by atoms with Crippen molar-refractivity contribution in [3.63, 3.8) is 0 Å². The summed E-state index contributed by atoms with van der Waals surface area (Å²) in [6.07, 6.45) is 8.43. The third-order valence-electron chi connectivity index (χ3n) is 5.51. The van der Waals surface area contributed by atoms with Gasteiger partial charge in [0.25, 0.3) is 0 Å². The Bertz CT molecular complexity index is 464. The molecule has 0 radical (unpaired) electrons. The second-order valence-electron chi connectivity index (χ2n) is 7.10. The minimum atomic E-state index is 0.322. The average molecular weight is 289 g/mol. The molecular weight excluding hydrogens is 262 g/mol. The molecule has 1 aromatic heterocycles. The molecule has 21 heavy (non-hydrogen) atoms. The number of carbonyl (C=O) groups excluding carboxylic acids is 1. The van der Waals surface area contributed by atoms with Crippen LogP contribution in [0, 0.1) is 5.41 Å². The first kappa shape index (κ1) is 14.6. The number of rotatable bonds is 4. The van der Waals surface area contributed by atoms with E-state index in [0.29, 0.717) is 17.7 Å². The molecule has 1 spiro atoms. The van der Waals surface area contributed by atoms with Crippen LogP contribution in [0.25, 0.3) is 0 Å². The van der Waals surface area contributed by atoms with Gasteiger partial charge in [-0.25, -0.2) is 0 Å². The van der Waals surface area contributed by atoms with E-state index >= 15 is 0 Å². The highest BCUT2D eigenvalue weighted by molar-refractivity contribution is 5.76. The van der Waals surface area contributed by atoms with Crippen molar-refractivity contribution < 1.29 is 4.79 Å². The maximum Gasteiger partial charge on any atom is 0.222 e. The van der Waals surface area contributed by atoms with Gasteiger partial charge in [0.05, 0.1) is 0 Å². The van der Waals surface area contributed by atoms with Crippen LogP contribution < -0.4 is 0 Å². The van der Waals surface area contributed by atoms with Crippen molar-refractivity contribution in [3.05, 3.63) is 24.0 Å². The number of nitrogens with zero attached hydrogens (tertiary/aromatic N) is 2. The van der Waals surface area contributed by atoms with Crippen molar-refractivity contribution in [2.24, 2.45) is 5.41 Å². The highest BCUT2D eigenvalue weighted by Gasteiger charge is 2.46. The van der Waals surface area contributed by atoms with Crippen LogP contribution in [0.2, 0.25) is 0 Å². The summed E-state index contributed by atoms with van der Waals surface area (Å²) in [6, 6.07) is 4.80. The standard InChI is InChI=1S/C17H27N3O/c1-19(2)15-12-17(13-15)7-10-20(11-8-17)16(21)6-5-14-4-3-9-18-14/h3-4,9,15,18H,5-8,10-13H2,1-2H3. The van der Waals surface area contributed by atoms with Gasteiger partial charge in [-0.05, 0) is 63.7 Å². The molecule has 1 saturated carbocycles. The van der Waals surface area contributed by atoms with Crippen LogP contribution in [-0.4, -0.2) is 53.9 Å². The first-order valence-corrected chi connectivity index (χ1v) is 8.14. The molecule has 4 heteroatoms. The van der Waals surface area contributed by atoms with Crippen molar-refractivity contribution in [2.45, 2.75) is 44.6 Å². The summed E-state index contributed by atoms with van der Waals surface area (Å²) < 4.78 is 0. The molecule has 2 aliphatic rings. The summed E-state index contributed by atoms with van der Waals surface area (Å²) in [5.41, 5.74) is 1.70. The maximum atomic E-state index is 12.3. The minimum absolute atomic E-state index is 0.322. The van der Waals surface area contributed by atoms with E-state index in [1.54, 1.807) is 0 Å². The lowest BCUT2D eigenvalue weighted by Crippen LogP contribution is -2.54. The van der Waals surface area contributed by atoms with Gasteiger partial charge >= 0.3 is 0 Å². The maximum absolute atomic E-state index is 12.3. The summed E-state index contributed by atoms with van der Waals surface area (Å²) in [7, 11) is 4.35. The number of hydrogen-bond donors (Lipinski definition) is 1. The van der Waals surface area contributed by atoms with Gasteiger partial charge in [-0.1, -0.05) is 0 Å². The smallest absolute Gasteiger partial charge is 0.222 e. The highest BCUT2D eigenvalue weighted by Crippen LogP contribution is 2.50. The highest BCUT2D eigenvalue weighted by atomic mass is 16.2. The quantitative estimate of drug-likeness (QED) is 0.923. The van der Waals surface area contributed by atoms with E-state index < -0.39 is 0 Å². The molecule has 1 saturated heterocycles. The molecule has 2 heterocycles. The Morgan fingerprint density at radius 2 is 2.10 bits per heavy atom. The first-order valence-electron chi connectivity index (χ1n) is 8.14. The zero-order valence-electron chi connectivity index (χ0n) is 13.3. The Morgan fingerprint density at radius 1 is 1.38 bits per heavy atom. The van der Waals surface area contributed by atoms with Crippen molar-refractivity contribution >= 4 is 5.91 Å². The normalized spacial score (nSPS) is 21.8. The van der Waals surface area contributed by atoms with E-state index in [9.17, 15) is 4.79 Å². The van der Waals surface area contributed by atoms with Crippen molar-refractivity contribution in [2.75, 3.05) is 27.2 Å². The van der Waals surface area contributed by atoms with Crippen LogP contribution in [0.1, 0.15) is 37.8 Å². The predicted octanol–water partition coefficient (Wildman–Crippen LogP) is 2.28. The number of amides is 1. The molecule has 1 amide bonds. The number of likely N-dealkylation sites (tertiary alicyclic amines) is 1. The topological polar surface area (TPSA) is 39.3 Å². The Kier molecular flexibility index (Phi) is 4.07. The third kappa shape index (κ3) is 3.15. The van der Waals surface area contributed by atoms with E-state index in [1.807, 2.05) is 18.3 Å². The third-order valence-corrected chi connectivity index (χ3v) is 5.51. The molecule has 1 aromatic rings. The molecule has 2 fully saturated rings. The molecule has 1 aliphatic heterocycles. The number of H-pyrrole nitrogens is 1. The van der Waals surface area contributed by atoms with Crippen LogP contribution in [-0.2, 0) is 11.2 Å². The molecule has 0 aromatic carbocycles. The summed E-state index contributed by atoms with van der Waals surface area (Å²) in [4.78, 5) is 19.9. The fourth-order valence-electron chi connectivity index (χ4n) is 3.87. The van der Waals surface area contributed by atoms with Gasteiger partial charge in [0.1, 0.15) is 0 Å². The number of nitrogens with one attached hydrogen (secondary N) is 1. The van der Waals surface area contributed by atoms with E-state index in [1.165, 1.54) is 25.7 Å². The number of aromatic nitrogens is 1. The van der Waals surface area contributed by atoms with Crippen LogP contribution in [0.3, 0.4) is 0 Å². The zero-order valence-corrected chi connectivity index (χ0v) is 13.3. The van der Waals surface area contributed by atoms with Crippen LogP contribution in [0.5, 0.6) is 0 Å². The number of aryl methyl sites for hydroxylation is 1. The summed E-state index contributed by atoms with van der Waals surface area (Å²) in [6.45, 7) is 1.92. The van der Waals surface area contributed by atoms with E-state index in [2.05, 4.69) is 28.9 Å². The predicted molar refractivity (Wildman–Crippen MR) is 84.1 cm³/mol. The first-order chi connectivity index (χ1) is 10.1. The Hall–Kier alpha value is -1.29. The zero-order chi connectivity index (χ0) is 14.9. The lowest BCUT2D eigenvalue weighted by Gasteiger charge is -2.54. The summed E-state index contributed by atoms with van der Waals surface area (Å²) in [5.74, 6) is 0.322. The van der Waals surface area contributed by atoms with Crippen molar-refractivity contribution in [3.8, 4) is 0 Å². The Morgan fingerprint density at radius 3 is 2.67 bits per heavy atom. The Balaban J connectivity index is 1.42. The van der Waals surface area contributed by atoms with Gasteiger partial charge in [0.15, 0.2) is 0 Å². The molecule has 4 nitrogen and oxygen atoms in total. The molecule has 0 bridgehead atoms. The summed E-state index contributed by atoms with van der Waals surface area (Å²) >= 11 is 0. The van der Waals surface area contributed by atoms with E-state index in [-0.39, 0.29) is 0 Å². The van der Waals surface area contributed by atoms with Crippen LogP contribution >= 0.6 is 0 Å². The second-order valence-corrected chi connectivity index (χ2v) is 7.10. The molecule has 1 N–H and O–H groups in total. The van der Waals surface area contributed by atoms with Gasteiger partial charge in [-0.2, -0.15) is 0 Å². The van der Waals surface area contributed by atoms with Crippen molar-refractivity contribution in [1.82, 2.24) is 14.8 Å². The fourth-order valence-corrected chi connectivity index (χ4v) is 3.87. The largest absolute Gasteiger partial charge is 0.365 e. The number of hydrogen-bond acceptors (Lipinski definition) is 2. The van der Waals surface area contributed by atoms with Gasteiger partial charge < -0.3 is 14.8 Å². The van der Waals surface area contributed by atoms with Crippen molar-refractivity contribution in [1.29, 1.82) is 0 Å². The fraction of sp³-hybridized carbons (Fsp3) is 0.706. The second kappa shape index (κ2) is 5.84. The Labute approximate surface area is 127 Å². The number of piperidine rings is 1. The molecule has 1 aliphatic carbocycles. The van der Waals surface area contributed by atoms with Gasteiger partial charge in [0.2, 0.25) is 5.91 Å².